The average molecular weight is 509 g/mol. The second-order valence-corrected chi connectivity index (χ2v) is 8.96. The first kappa shape index (κ1) is 27.1. The molecule has 0 spiro atoms. The van der Waals surface area contributed by atoms with Gasteiger partial charge in [0.25, 0.3) is 0 Å². The first-order chi connectivity index (χ1) is 17.0. The molecule has 0 atom stereocenters. The summed E-state index contributed by atoms with van der Waals surface area (Å²) in [6.45, 7) is 4.32. The minimum Gasteiger partial charge on any atom is -0.494 e. The minimum absolute atomic E-state index is 0. The lowest BCUT2D eigenvalue weighted by Gasteiger charge is -2.23. The molecule has 0 fully saturated rings. The normalized spacial score (nSPS) is 10.9. The first-order valence-electron chi connectivity index (χ1n) is 12.4. The molecular formula is C28H37ClN6O. The topological polar surface area (TPSA) is 104 Å². The molecular weight excluding hydrogens is 472 g/mol. The number of nitrogens with one attached hydrogen (secondary N) is 1. The van der Waals surface area contributed by atoms with Gasteiger partial charge in [-0.3, -0.25) is 0 Å². The van der Waals surface area contributed by atoms with E-state index in [0.717, 1.165) is 83.2 Å². The molecule has 36 heavy (non-hydrogen) atoms. The van der Waals surface area contributed by atoms with Gasteiger partial charge in [0.1, 0.15) is 5.75 Å². The number of fused-ring (bicyclic) bond motifs is 1. The van der Waals surface area contributed by atoms with Crippen LogP contribution in [-0.4, -0.2) is 21.6 Å². The molecule has 0 aliphatic carbocycles. The molecule has 192 valence electrons. The summed E-state index contributed by atoms with van der Waals surface area (Å²) in [4.78, 5) is 9.41. The summed E-state index contributed by atoms with van der Waals surface area (Å²) in [5, 5.41) is 4.61. The van der Waals surface area contributed by atoms with E-state index in [1.807, 2.05) is 25.2 Å². The maximum atomic E-state index is 6.60. The number of methoxy groups -OCH3 is 1. The monoisotopic (exact) mass is 508 g/mol. The van der Waals surface area contributed by atoms with Crippen molar-refractivity contribution in [3.63, 3.8) is 0 Å². The summed E-state index contributed by atoms with van der Waals surface area (Å²) in [6.07, 6.45) is 9.58. The van der Waals surface area contributed by atoms with Crippen LogP contribution in [0.1, 0.15) is 50.7 Å². The van der Waals surface area contributed by atoms with E-state index >= 15 is 0 Å². The number of nitrogens with two attached hydrogens (primary N) is 2. The Morgan fingerprint density at radius 2 is 1.64 bits per heavy atom. The number of aryl methyl sites for hydroxylation is 1. The summed E-state index contributed by atoms with van der Waals surface area (Å²) in [5.41, 5.74) is 20.2. The van der Waals surface area contributed by atoms with Crippen molar-refractivity contribution in [2.75, 3.05) is 23.9 Å². The van der Waals surface area contributed by atoms with Crippen LogP contribution < -0.4 is 21.5 Å². The quantitative estimate of drug-likeness (QED) is 0.207. The highest BCUT2D eigenvalue weighted by Crippen LogP contribution is 2.44. The van der Waals surface area contributed by atoms with Crippen molar-refractivity contribution in [1.29, 1.82) is 0 Å². The number of nitrogen functional groups attached to an aromatic ring is 2. The second-order valence-electron chi connectivity index (χ2n) is 8.96. The van der Waals surface area contributed by atoms with Gasteiger partial charge in [0, 0.05) is 47.0 Å². The molecule has 0 unspecified atom stereocenters. The Hall–Kier alpha value is -3.45. The van der Waals surface area contributed by atoms with E-state index in [9.17, 15) is 0 Å². The molecule has 2 heterocycles. The van der Waals surface area contributed by atoms with Crippen LogP contribution >= 0.6 is 12.4 Å². The highest BCUT2D eigenvalue weighted by Gasteiger charge is 2.22. The zero-order valence-corrected chi connectivity index (χ0v) is 22.4. The molecule has 8 heteroatoms. The van der Waals surface area contributed by atoms with Gasteiger partial charge in [-0.25, -0.2) is 9.97 Å². The molecule has 2 aromatic carbocycles. The van der Waals surface area contributed by atoms with Crippen LogP contribution in [0, 0.1) is 0 Å². The summed E-state index contributed by atoms with van der Waals surface area (Å²) in [6, 6.07) is 10.3. The maximum Gasteiger partial charge on any atom is 0.227 e. The fourth-order valence-electron chi connectivity index (χ4n) is 4.67. The number of unbranched alkanes of at least 4 members (excludes halogenated alkanes) is 2. The van der Waals surface area contributed by atoms with Crippen molar-refractivity contribution < 1.29 is 4.74 Å². The van der Waals surface area contributed by atoms with Crippen LogP contribution in [-0.2, 0) is 19.9 Å². The standard InChI is InChI=1S/C28H36N6O.ClH/c1-5-7-11-19-24(29)25(30)20(12-8-6-2)27(35-4)26(19)33-28-31-16-15-22(32-28)21-17-34(3)23-14-10-9-13-18(21)23;/h9-10,13-17H,5-8,11-12,29-30H2,1-4H3,(H,31,32,33);1H. The van der Waals surface area contributed by atoms with Crippen LogP contribution in [0.2, 0.25) is 0 Å². The van der Waals surface area contributed by atoms with Gasteiger partial charge >= 0.3 is 0 Å². The van der Waals surface area contributed by atoms with E-state index in [2.05, 4.69) is 47.0 Å². The van der Waals surface area contributed by atoms with Gasteiger partial charge < -0.3 is 26.1 Å². The Labute approximate surface area is 219 Å². The van der Waals surface area contributed by atoms with Crippen LogP contribution in [0.25, 0.3) is 22.2 Å². The van der Waals surface area contributed by atoms with Crippen molar-refractivity contribution in [2.24, 2.45) is 7.05 Å². The third-order valence-electron chi connectivity index (χ3n) is 6.57. The molecule has 0 aliphatic rings. The zero-order chi connectivity index (χ0) is 24.9. The van der Waals surface area contributed by atoms with Crippen LogP contribution in [0.3, 0.4) is 0 Å². The predicted octanol–water partition coefficient (Wildman–Crippen LogP) is 6.66. The van der Waals surface area contributed by atoms with Gasteiger partial charge in [0.15, 0.2) is 0 Å². The lowest BCUT2D eigenvalue weighted by atomic mass is 9.95. The number of para-hydroxylation sites is 1. The molecule has 0 radical (unpaired) electrons. The third-order valence-corrected chi connectivity index (χ3v) is 6.57. The number of aromatic nitrogens is 3. The molecule has 5 N–H and O–H groups in total. The number of rotatable bonds is 10. The Kier molecular flexibility index (Phi) is 9.04. The van der Waals surface area contributed by atoms with Gasteiger partial charge in [-0.2, -0.15) is 0 Å². The van der Waals surface area contributed by atoms with Crippen molar-refractivity contribution in [3.05, 3.63) is 53.9 Å². The first-order valence-corrected chi connectivity index (χ1v) is 12.4. The molecule has 7 nitrogen and oxygen atoms in total. The highest BCUT2D eigenvalue weighted by atomic mass is 35.5. The minimum atomic E-state index is 0. The van der Waals surface area contributed by atoms with Crippen LogP contribution in [0.4, 0.5) is 23.0 Å². The highest BCUT2D eigenvalue weighted by molar-refractivity contribution is 5.95. The molecule has 0 saturated carbocycles. The molecule has 0 aliphatic heterocycles. The number of nitrogens with zero attached hydrogens (tertiary/aromatic N) is 3. The van der Waals surface area contributed by atoms with Gasteiger partial charge in [0.2, 0.25) is 5.95 Å². The van der Waals surface area contributed by atoms with Gasteiger partial charge in [-0.1, -0.05) is 44.9 Å². The van der Waals surface area contributed by atoms with Crippen LogP contribution in [0.5, 0.6) is 5.75 Å². The lowest BCUT2D eigenvalue weighted by Crippen LogP contribution is -2.12. The van der Waals surface area contributed by atoms with E-state index in [-0.39, 0.29) is 12.4 Å². The van der Waals surface area contributed by atoms with E-state index in [1.165, 1.54) is 0 Å². The number of halogens is 1. The average Bonchev–Trinajstić information content (AvgIpc) is 3.22. The molecule has 2 aromatic heterocycles. The molecule has 0 bridgehead atoms. The van der Waals surface area contributed by atoms with Crippen molar-refractivity contribution in [1.82, 2.24) is 14.5 Å². The molecule has 0 amide bonds. The van der Waals surface area contributed by atoms with E-state index in [4.69, 9.17) is 21.2 Å². The number of hydrogen-bond acceptors (Lipinski definition) is 6. The van der Waals surface area contributed by atoms with Gasteiger partial charge in [-0.05, 0) is 37.8 Å². The predicted molar refractivity (Wildman–Crippen MR) is 154 cm³/mol. The fraction of sp³-hybridized carbons (Fsp3) is 0.357. The molecule has 4 rings (SSSR count). The smallest absolute Gasteiger partial charge is 0.227 e. The number of ether oxygens (including phenoxy) is 1. The van der Waals surface area contributed by atoms with Crippen molar-refractivity contribution >= 4 is 46.3 Å². The molecule has 4 aromatic rings. The summed E-state index contributed by atoms with van der Waals surface area (Å²) in [7, 11) is 3.73. The summed E-state index contributed by atoms with van der Waals surface area (Å²) in [5.74, 6) is 1.23. The van der Waals surface area contributed by atoms with Crippen LogP contribution in [0.15, 0.2) is 42.7 Å². The fourth-order valence-corrected chi connectivity index (χ4v) is 4.67. The Balaban J connectivity index is 0.00000361. The van der Waals surface area contributed by atoms with E-state index in [1.54, 1.807) is 13.3 Å². The zero-order valence-electron chi connectivity index (χ0n) is 21.6. The SMILES string of the molecule is CCCCc1c(N)c(N)c(CCCC)c(OC)c1Nc1nccc(-c2cn(C)c3ccccc23)n1.Cl. The van der Waals surface area contributed by atoms with E-state index < -0.39 is 0 Å². The Bertz CT molecular complexity index is 1330. The largest absolute Gasteiger partial charge is 0.494 e. The van der Waals surface area contributed by atoms with Gasteiger partial charge in [-0.15, -0.1) is 12.4 Å². The number of anilines is 4. The Morgan fingerprint density at radius 1 is 0.972 bits per heavy atom. The van der Waals surface area contributed by atoms with Gasteiger partial charge in [0.05, 0.1) is 29.9 Å². The summed E-state index contributed by atoms with van der Waals surface area (Å²) >= 11 is 0. The molecule has 0 saturated heterocycles. The maximum absolute atomic E-state index is 6.60. The lowest BCUT2D eigenvalue weighted by molar-refractivity contribution is 0.411. The van der Waals surface area contributed by atoms with Crippen molar-refractivity contribution in [3.8, 4) is 17.0 Å². The second kappa shape index (κ2) is 12.0. The number of hydrogen-bond donors (Lipinski definition) is 3. The third kappa shape index (κ3) is 5.21. The van der Waals surface area contributed by atoms with Crippen molar-refractivity contribution in [2.45, 2.75) is 52.4 Å². The summed E-state index contributed by atoms with van der Waals surface area (Å²) < 4.78 is 8.04. The number of benzene rings is 2. The van der Waals surface area contributed by atoms with E-state index in [0.29, 0.717) is 17.3 Å². The Morgan fingerprint density at radius 3 is 2.33 bits per heavy atom.